The highest BCUT2D eigenvalue weighted by molar-refractivity contribution is 5.88. The standard InChI is InChI=1S/C15H15FN2O3/c1-3-21-15(20)12-8-10(2)17-18(14(12)19)9-11-6-4-5-7-13(11)16/h4-8H,3,9H2,1-2H3. The molecule has 1 heterocycles. The van der Waals surface area contributed by atoms with Crippen LogP contribution in [0.3, 0.4) is 0 Å². The van der Waals surface area contributed by atoms with Gasteiger partial charge in [-0.1, -0.05) is 18.2 Å². The van der Waals surface area contributed by atoms with Crippen LogP contribution in [0.25, 0.3) is 0 Å². The molecule has 0 amide bonds. The van der Waals surface area contributed by atoms with Gasteiger partial charge < -0.3 is 4.74 Å². The van der Waals surface area contributed by atoms with E-state index in [0.29, 0.717) is 11.3 Å². The summed E-state index contributed by atoms with van der Waals surface area (Å²) in [5, 5.41) is 4.04. The Bertz CT molecular complexity index is 725. The van der Waals surface area contributed by atoms with Crippen molar-refractivity contribution >= 4 is 5.97 Å². The third kappa shape index (κ3) is 3.34. The summed E-state index contributed by atoms with van der Waals surface area (Å²) < 4.78 is 19.6. The molecule has 0 unspecified atom stereocenters. The Morgan fingerprint density at radius 2 is 2.10 bits per heavy atom. The van der Waals surface area contributed by atoms with E-state index in [9.17, 15) is 14.0 Å². The zero-order valence-corrected chi connectivity index (χ0v) is 11.8. The second-order valence-electron chi connectivity index (χ2n) is 4.47. The Morgan fingerprint density at radius 3 is 2.76 bits per heavy atom. The number of aromatic nitrogens is 2. The molecule has 0 bridgehead atoms. The highest BCUT2D eigenvalue weighted by Gasteiger charge is 2.16. The highest BCUT2D eigenvalue weighted by Crippen LogP contribution is 2.07. The average Bonchev–Trinajstić information content (AvgIpc) is 2.45. The molecule has 2 rings (SSSR count). The van der Waals surface area contributed by atoms with E-state index in [1.807, 2.05) is 0 Å². The van der Waals surface area contributed by atoms with Crippen LogP contribution in [0.15, 0.2) is 35.1 Å². The number of rotatable bonds is 4. The first-order valence-corrected chi connectivity index (χ1v) is 6.52. The molecular formula is C15H15FN2O3. The molecule has 5 nitrogen and oxygen atoms in total. The zero-order valence-electron chi connectivity index (χ0n) is 11.8. The lowest BCUT2D eigenvalue weighted by molar-refractivity contribution is 0.0523. The minimum atomic E-state index is -0.699. The molecule has 1 aromatic heterocycles. The van der Waals surface area contributed by atoms with E-state index in [-0.39, 0.29) is 18.7 Å². The second-order valence-corrected chi connectivity index (χ2v) is 4.47. The van der Waals surface area contributed by atoms with Gasteiger partial charge in [-0.2, -0.15) is 5.10 Å². The van der Waals surface area contributed by atoms with Crippen LogP contribution in [0.2, 0.25) is 0 Å². The molecular weight excluding hydrogens is 275 g/mol. The predicted molar refractivity (Wildman–Crippen MR) is 74.7 cm³/mol. The van der Waals surface area contributed by atoms with Crippen molar-refractivity contribution in [2.75, 3.05) is 6.61 Å². The minimum absolute atomic E-state index is 0.0421. The molecule has 110 valence electrons. The van der Waals surface area contributed by atoms with Gasteiger partial charge in [-0.15, -0.1) is 0 Å². The van der Waals surface area contributed by atoms with Crippen LogP contribution in [0.5, 0.6) is 0 Å². The fraction of sp³-hybridized carbons (Fsp3) is 0.267. The largest absolute Gasteiger partial charge is 0.462 e. The molecule has 0 aliphatic rings. The second kappa shape index (κ2) is 6.30. The lowest BCUT2D eigenvalue weighted by atomic mass is 10.2. The summed E-state index contributed by atoms with van der Waals surface area (Å²) in [5.41, 5.74) is 0.115. The predicted octanol–water partition coefficient (Wildman–Crippen LogP) is 1.92. The van der Waals surface area contributed by atoms with Crippen LogP contribution in [-0.2, 0) is 11.3 Å². The summed E-state index contributed by atoms with van der Waals surface area (Å²) in [6.07, 6.45) is 0. The quantitative estimate of drug-likeness (QED) is 0.807. The lowest BCUT2D eigenvalue weighted by Crippen LogP contribution is -2.30. The summed E-state index contributed by atoms with van der Waals surface area (Å²) in [6, 6.07) is 7.48. The average molecular weight is 290 g/mol. The van der Waals surface area contributed by atoms with Gasteiger partial charge in [0.1, 0.15) is 11.4 Å². The van der Waals surface area contributed by atoms with Crippen LogP contribution in [0.1, 0.15) is 28.5 Å². The molecule has 0 saturated heterocycles. The molecule has 0 fully saturated rings. The van der Waals surface area contributed by atoms with Crippen molar-refractivity contribution in [3.8, 4) is 0 Å². The van der Waals surface area contributed by atoms with Gasteiger partial charge >= 0.3 is 5.97 Å². The van der Waals surface area contributed by atoms with Gasteiger partial charge in [-0.3, -0.25) is 4.79 Å². The Morgan fingerprint density at radius 1 is 1.38 bits per heavy atom. The molecule has 0 radical (unpaired) electrons. The highest BCUT2D eigenvalue weighted by atomic mass is 19.1. The van der Waals surface area contributed by atoms with Crippen LogP contribution >= 0.6 is 0 Å². The summed E-state index contributed by atoms with van der Waals surface area (Å²) in [4.78, 5) is 24.0. The number of nitrogens with zero attached hydrogens (tertiary/aromatic N) is 2. The number of halogens is 1. The molecule has 0 aliphatic heterocycles. The summed E-state index contributed by atoms with van der Waals surface area (Å²) in [6.45, 7) is 3.44. The van der Waals surface area contributed by atoms with Crippen molar-refractivity contribution in [3.63, 3.8) is 0 Å². The van der Waals surface area contributed by atoms with Crippen molar-refractivity contribution < 1.29 is 13.9 Å². The van der Waals surface area contributed by atoms with Crippen LogP contribution < -0.4 is 5.56 Å². The molecule has 0 spiro atoms. The van der Waals surface area contributed by atoms with E-state index in [1.165, 1.54) is 12.1 Å². The number of esters is 1. The fourth-order valence-corrected chi connectivity index (χ4v) is 1.92. The van der Waals surface area contributed by atoms with Gasteiger partial charge in [0.2, 0.25) is 0 Å². The maximum atomic E-state index is 13.7. The van der Waals surface area contributed by atoms with Gasteiger partial charge in [-0.05, 0) is 26.0 Å². The van der Waals surface area contributed by atoms with E-state index in [4.69, 9.17) is 4.74 Å². The Balaban J connectivity index is 2.43. The van der Waals surface area contributed by atoms with E-state index >= 15 is 0 Å². The number of benzene rings is 1. The smallest absolute Gasteiger partial charge is 0.343 e. The molecule has 6 heteroatoms. The molecule has 1 aromatic carbocycles. The van der Waals surface area contributed by atoms with Crippen LogP contribution in [-0.4, -0.2) is 22.4 Å². The van der Waals surface area contributed by atoms with Gasteiger partial charge in [-0.25, -0.2) is 13.9 Å². The Labute approximate surface area is 121 Å². The summed E-state index contributed by atoms with van der Waals surface area (Å²) in [5.74, 6) is -1.12. The van der Waals surface area contributed by atoms with Crippen molar-refractivity contribution in [2.45, 2.75) is 20.4 Å². The van der Waals surface area contributed by atoms with E-state index in [2.05, 4.69) is 5.10 Å². The maximum Gasteiger partial charge on any atom is 0.343 e. The van der Waals surface area contributed by atoms with Crippen molar-refractivity contribution in [1.29, 1.82) is 0 Å². The number of hydrogen-bond donors (Lipinski definition) is 0. The van der Waals surface area contributed by atoms with Gasteiger partial charge in [0.05, 0.1) is 18.8 Å². The van der Waals surface area contributed by atoms with Gasteiger partial charge in [0, 0.05) is 5.56 Å². The van der Waals surface area contributed by atoms with Crippen LogP contribution in [0, 0.1) is 12.7 Å². The zero-order chi connectivity index (χ0) is 15.4. The molecule has 2 aromatic rings. The fourth-order valence-electron chi connectivity index (χ4n) is 1.92. The number of carbonyl (C=O) groups excluding carboxylic acids is 1. The van der Waals surface area contributed by atoms with Gasteiger partial charge in [0.25, 0.3) is 5.56 Å². The molecule has 0 N–H and O–H groups in total. The van der Waals surface area contributed by atoms with E-state index < -0.39 is 17.3 Å². The number of carbonyl (C=O) groups is 1. The maximum absolute atomic E-state index is 13.7. The summed E-state index contributed by atoms with van der Waals surface area (Å²) in [7, 11) is 0. The van der Waals surface area contributed by atoms with Gasteiger partial charge in [0.15, 0.2) is 0 Å². The van der Waals surface area contributed by atoms with Crippen molar-refractivity contribution in [2.24, 2.45) is 0 Å². The van der Waals surface area contributed by atoms with Crippen molar-refractivity contribution in [1.82, 2.24) is 9.78 Å². The first kappa shape index (κ1) is 14.9. The third-order valence-electron chi connectivity index (χ3n) is 2.87. The molecule has 21 heavy (non-hydrogen) atoms. The molecule has 0 atom stereocenters. The molecule has 0 aliphatic carbocycles. The van der Waals surface area contributed by atoms with Crippen molar-refractivity contribution in [3.05, 3.63) is 63.3 Å². The SMILES string of the molecule is CCOC(=O)c1cc(C)nn(Cc2ccccc2F)c1=O. The normalized spacial score (nSPS) is 10.4. The first-order chi connectivity index (χ1) is 10.0. The lowest BCUT2D eigenvalue weighted by Gasteiger charge is -2.09. The Kier molecular flexibility index (Phi) is 4.47. The summed E-state index contributed by atoms with van der Waals surface area (Å²) >= 11 is 0. The number of aryl methyl sites for hydroxylation is 1. The number of ether oxygens (including phenoxy) is 1. The third-order valence-corrected chi connectivity index (χ3v) is 2.87. The number of hydrogen-bond acceptors (Lipinski definition) is 4. The van der Waals surface area contributed by atoms with E-state index in [0.717, 1.165) is 4.68 Å². The Hall–Kier alpha value is -2.50. The topological polar surface area (TPSA) is 61.2 Å². The monoisotopic (exact) mass is 290 g/mol. The van der Waals surface area contributed by atoms with Crippen LogP contribution in [0.4, 0.5) is 4.39 Å². The first-order valence-electron chi connectivity index (χ1n) is 6.52. The molecule has 0 saturated carbocycles. The van der Waals surface area contributed by atoms with E-state index in [1.54, 1.807) is 32.0 Å². The minimum Gasteiger partial charge on any atom is -0.462 e.